The minimum absolute atomic E-state index is 0.548. The van der Waals surface area contributed by atoms with Crippen molar-refractivity contribution in [3.8, 4) is 0 Å². The Morgan fingerprint density at radius 2 is 2.50 bits per heavy atom. The zero-order valence-corrected chi connectivity index (χ0v) is 7.14. The van der Waals surface area contributed by atoms with E-state index in [0.717, 1.165) is 10.6 Å². The van der Waals surface area contributed by atoms with E-state index in [2.05, 4.69) is 5.10 Å². The summed E-state index contributed by atoms with van der Waals surface area (Å²) in [6.45, 7) is 0.548. The standard InChI is InChI=1S/C8H13N3O/c1-10(12)5-7-4-9-11(6-7)8-2-3-8/h4,6,8,12H,2-3,5H2,1H3. The number of rotatable bonds is 3. The first-order chi connectivity index (χ1) is 5.75. The molecule has 1 fully saturated rings. The third-order valence-electron chi connectivity index (χ3n) is 1.99. The SMILES string of the molecule is CN(O)Cc1cnn(C2CC2)c1. The average Bonchev–Trinajstić information content (AvgIpc) is 2.73. The van der Waals surface area contributed by atoms with E-state index in [4.69, 9.17) is 5.21 Å². The molecule has 1 aromatic heterocycles. The molecule has 0 amide bonds. The normalized spacial score (nSPS) is 17.2. The molecule has 0 aromatic carbocycles. The van der Waals surface area contributed by atoms with Gasteiger partial charge in [0.1, 0.15) is 0 Å². The first-order valence-corrected chi connectivity index (χ1v) is 4.19. The van der Waals surface area contributed by atoms with Crippen molar-refractivity contribution in [2.75, 3.05) is 7.05 Å². The molecule has 1 aliphatic carbocycles. The first-order valence-electron chi connectivity index (χ1n) is 4.19. The van der Waals surface area contributed by atoms with Crippen molar-refractivity contribution in [2.24, 2.45) is 0 Å². The van der Waals surface area contributed by atoms with Gasteiger partial charge >= 0.3 is 0 Å². The lowest BCUT2D eigenvalue weighted by atomic mass is 10.4. The van der Waals surface area contributed by atoms with E-state index in [9.17, 15) is 0 Å². The molecule has 12 heavy (non-hydrogen) atoms. The van der Waals surface area contributed by atoms with Gasteiger partial charge in [-0.25, -0.2) is 0 Å². The van der Waals surface area contributed by atoms with E-state index in [1.54, 1.807) is 7.05 Å². The average molecular weight is 167 g/mol. The van der Waals surface area contributed by atoms with Gasteiger partial charge in [-0.1, -0.05) is 0 Å². The van der Waals surface area contributed by atoms with E-state index in [1.165, 1.54) is 12.8 Å². The highest BCUT2D eigenvalue weighted by atomic mass is 16.5. The van der Waals surface area contributed by atoms with Gasteiger partial charge in [0.2, 0.25) is 0 Å². The minimum atomic E-state index is 0.548. The van der Waals surface area contributed by atoms with Gasteiger partial charge in [-0.05, 0) is 12.8 Å². The Kier molecular flexibility index (Phi) is 1.86. The maximum atomic E-state index is 8.97. The highest BCUT2D eigenvalue weighted by Crippen LogP contribution is 2.33. The molecule has 66 valence electrons. The second kappa shape index (κ2) is 2.88. The van der Waals surface area contributed by atoms with Crippen molar-refractivity contribution < 1.29 is 5.21 Å². The van der Waals surface area contributed by atoms with E-state index < -0.39 is 0 Å². The molecule has 4 nitrogen and oxygen atoms in total. The number of nitrogens with zero attached hydrogens (tertiary/aromatic N) is 3. The van der Waals surface area contributed by atoms with Gasteiger partial charge in [-0.3, -0.25) is 4.68 Å². The van der Waals surface area contributed by atoms with Crippen LogP contribution in [0.2, 0.25) is 0 Å². The lowest BCUT2D eigenvalue weighted by Crippen LogP contribution is -2.10. The Morgan fingerprint density at radius 3 is 3.08 bits per heavy atom. The lowest BCUT2D eigenvalue weighted by molar-refractivity contribution is -0.0731. The molecule has 1 N–H and O–H groups in total. The first kappa shape index (κ1) is 7.76. The fourth-order valence-corrected chi connectivity index (χ4v) is 1.26. The zero-order chi connectivity index (χ0) is 8.55. The van der Waals surface area contributed by atoms with E-state index in [-0.39, 0.29) is 0 Å². The fourth-order valence-electron chi connectivity index (χ4n) is 1.26. The van der Waals surface area contributed by atoms with Crippen LogP contribution in [0.1, 0.15) is 24.4 Å². The summed E-state index contributed by atoms with van der Waals surface area (Å²) in [5.41, 5.74) is 1.06. The maximum absolute atomic E-state index is 8.97. The van der Waals surface area contributed by atoms with Gasteiger partial charge in [-0.2, -0.15) is 10.2 Å². The molecular weight excluding hydrogens is 154 g/mol. The highest BCUT2D eigenvalue weighted by molar-refractivity contribution is 5.04. The molecule has 0 saturated heterocycles. The molecule has 0 aliphatic heterocycles. The fraction of sp³-hybridized carbons (Fsp3) is 0.625. The molecule has 1 aliphatic rings. The van der Waals surface area contributed by atoms with Crippen LogP contribution in [0.15, 0.2) is 12.4 Å². The van der Waals surface area contributed by atoms with Crippen LogP contribution in [-0.2, 0) is 6.54 Å². The van der Waals surface area contributed by atoms with Crippen LogP contribution in [0.5, 0.6) is 0 Å². The van der Waals surface area contributed by atoms with Crippen LogP contribution in [0.25, 0.3) is 0 Å². The number of hydroxylamine groups is 2. The maximum Gasteiger partial charge on any atom is 0.0535 e. The van der Waals surface area contributed by atoms with E-state index >= 15 is 0 Å². The zero-order valence-electron chi connectivity index (χ0n) is 7.14. The van der Waals surface area contributed by atoms with E-state index in [0.29, 0.717) is 12.6 Å². The van der Waals surface area contributed by atoms with Gasteiger partial charge in [0.15, 0.2) is 0 Å². The summed E-state index contributed by atoms with van der Waals surface area (Å²) in [4.78, 5) is 0. The summed E-state index contributed by atoms with van der Waals surface area (Å²) < 4.78 is 1.98. The molecule has 0 bridgehead atoms. The molecule has 0 unspecified atom stereocenters. The van der Waals surface area contributed by atoms with Gasteiger partial charge in [-0.15, -0.1) is 0 Å². The monoisotopic (exact) mass is 167 g/mol. The summed E-state index contributed by atoms with van der Waals surface area (Å²) >= 11 is 0. The Hall–Kier alpha value is -0.870. The quantitative estimate of drug-likeness (QED) is 0.684. The van der Waals surface area contributed by atoms with Crippen molar-refractivity contribution in [2.45, 2.75) is 25.4 Å². The Labute approximate surface area is 71.4 Å². The van der Waals surface area contributed by atoms with E-state index in [1.807, 2.05) is 17.1 Å². The van der Waals surface area contributed by atoms with Crippen LogP contribution < -0.4 is 0 Å². The molecule has 1 aromatic rings. The van der Waals surface area contributed by atoms with Crippen LogP contribution in [0.3, 0.4) is 0 Å². The van der Waals surface area contributed by atoms with Crippen LogP contribution in [0, 0.1) is 0 Å². The highest BCUT2D eigenvalue weighted by Gasteiger charge is 2.24. The summed E-state index contributed by atoms with van der Waals surface area (Å²) in [7, 11) is 1.63. The van der Waals surface area contributed by atoms with Gasteiger partial charge in [0.25, 0.3) is 0 Å². The smallest absolute Gasteiger partial charge is 0.0535 e. The molecule has 0 radical (unpaired) electrons. The number of hydrogen-bond donors (Lipinski definition) is 1. The summed E-state index contributed by atoms with van der Waals surface area (Å²) in [6.07, 6.45) is 6.31. The predicted molar refractivity (Wildman–Crippen MR) is 43.8 cm³/mol. The van der Waals surface area contributed by atoms with Gasteiger partial charge in [0.05, 0.1) is 18.8 Å². The largest absolute Gasteiger partial charge is 0.314 e. The summed E-state index contributed by atoms with van der Waals surface area (Å²) in [5.74, 6) is 0. The van der Waals surface area contributed by atoms with Crippen molar-refractivity contribution in [3.05, 3.63) is 18.0 Å². The van der Waals surface area contributed by atoms with Crippen molar-refractivity contribution in [3.63, 3.8) is 0 Å². The second-order valence-corrected chi connectivity index (χ2v) is 3.38. The van der Waals surface area contributed by atoms with Crippen LogP contribution >= 0.6 is 0 Å². The molecule has 0 atom stereocenters. The van der Waals surface area contributed by atoms with Crippen molar-refractivity contribution >= 4 is 0 Å². The minimum Gasteiger partial charge on any atom is -0.314 e. The molecule has 0 spiro atoms. The molecule has 4 heteroatoms. The summed E-state index contributed by atoms with van der Waals surface area (Å²) in [6, 6.07) is 0.628. The second-order valence-electron chi connectivity index (χ2n) is 3.38. The predicted octanol–water partition coefficient (Wildman–Crippen LogP) is 1.04. The number of hydrogen-bond acceptors (Lipinski definition) is 3. The van der Waals surface area contributed by atoms with Gasteiger partial charge in [0, 0.05) is 18.8 Å². The number of aromatic nitrogens is 2. The van der Waals surface area contributed by atoms with Crippen molar-refractivity contribution in [1.82, 2.24) is 14.8 Å². The van der Waals surface area contributed by atoms with Crippen LogP contribution in [-0.4, -0.2) is 27.1 Å². The lowest BCUT2D eigenvalue weighted by Gasteiger charge is -2.03. The van der Waals surface area contributed by atoms with Crippen LogP contribution in [0.4, 0.5) is 0 Å². The third kappa shape index (κ3) is 1.65. The summed E-state index contributed by atoms with van der Waals surface area (Å²) in [5, 5.41) is 14.3. The Bertz CT molecular complexity index is 265. The topological polar surface area (TPSA) is 41.3 Å². The van der Waals surface area contributed by atoms with Gasteiger partial charge < -0.3 is 5.21 Å². The molecule has 1 saturated carbocycles. The van der Waals surface area contributed by atoms with Crippen molar-refractivity contribution in [1.29, 1.82) is 0 Å². The Balaban J connectivity index is 2.03. The molecule has 1 heterocycles. The molecule has 2 rings (SSSR count). The Morgan fingerprint density at radius 1 is 1.75 bits per heavy atom. The molecular formula is C8H13N3O. The third-order valence-corrected chi connectivity index (χ3v) is 1.99.